The number of methoxy groups -OCH3 is 2. The lowest BCUT2D eigenvalue weighted by Crippen LogP contribution is -2.28. The van der Waals surface area contributed by atoms with Crippen molar-refractivity contribution in [2.45, 2.75) is 6.54 Å². The molecule has 1 aliphatic heterocycles. The van der Waals surface area contributed by atoms with Crippen LogP contribution in [0.5, 0.6) is 23.0 Å². The summed E-state index contributed by atoms with van der Waals surface area (Å²) >= 11 is 0. The molecular weight excluding hydrogens is 414 g/mol. The van der Waals surface area contributed by atoms with Gasteiger partial charge in [0.25, 0.3) is 5.91 Å². The number of furan rings is 1. The minimum absolute atomic E-state index is 0.153. The highest BCUT2D eigenvalue weighted by Gasteiger charge is 2.28. The Kier molecular flexibility index (Phi) is 6.12. The largest absolute Gasteiger partial charge is 0.493 e. The minimum atomic E-state index is -0.301. The molecule has 0 radical (unpaired) electrons. The number of ketones is 1. The molecule has 0 saturated heterocycles. The van der Waals surface area contributed by atoms with Gasteiger partial charge in [-0.1, -0.05) is 12.1 Å². The Morgan fingerprint density at radius 3 is 2.72 bits per heavy atom. The van der Waals surface area contributed by atoms with Crippen molar-refractivity contribution in [3.63, 3.8) is 0 Å². The quantitative estimate of drug-likeness (QED) is 0.540. The first-order valence-corrected chi connectivity index (χ1v) is 9.80. The summed E-state index contributed by atoms with van der Waals surface area (Å²) in [5.74, 6) is 2.05. The number of benzene rings is 2. The van der Waals surface area contributed by atoms with Gasteiger partial charge in [-0.15, -0.1) is 0 Å². The monoisotopic (exact) mass is 435 g/mol. The summed E-state index contributed by atoms with van der Waals surface area (Å²) in [4.78, 5) is 24.7. The molecule has 1 aromatic heterocycles. The Hall–Kier alpha value is -4.20. The van der Waals surface area contributed by atoms with Crippen molar-refractivity contribution in [2.24, 2.45) is 0 Å². The van der Waals surface area contributed by atoms with Gasteiger partial charge < -0.3 is 28.7 Å². The van der Waals surface area contributed by atoms with E-state index >= 15 is 0 Å². The highest BCUT2D eigenvalue weighted by molar-refractivity contribution is 6.14. The van der Waals surface area contributed by atoms with E-state index in [4.69, 9.17) is 23.4 Å². The fourth-order valence-electron chi connectivity index (χ4n) is 3.22. The number of amides is 1. The first-order chi connectivity index (χ1) is 15.6. The van der Waals surface area contributed by atoms with Crippen molar-refractivity contribution in [1.29, 1.82) is 0 Å². The number of carbonyl (C=O) groups excluding carboxylic acids is 2. The molecule has 164 valence electrons. The number of allylic oxidation sites excluding steroid dienone is 1. The lowest BCUT2D eigenvalue weighted by atomic mass is 10.1. The van der Waals surface area contributed by atoms with Gasteiger partial charge in [0.15, 0.2) is 23.9 Å². The van der Waals surface area contributed by atoms with Gasteiger partial charge in [0, 0.05) is 11.6 Å². The average Bonchev–Trinajstić information content (AvgIpc) is 3.44. The molecule has 32 heavy (non-hydrogen) atoms. The van der Waals surface area contributed by atoms with Crippen LogP contribution in [0.25, 0.3) is 6.08 Å². The number of para-hydroxylation sites is 1. The van der Waals surface area contributed by atoms with Crippen LogP contribution in [0.3, 0.4) is 0 Å². The van der Waals surface area contributed by atoms with Crippen LogP contribution >= 0.6 is 0 Å². The van der Waals surface area contributed by atoms with Crippen LogP contribution < -0.4 is 24.3 Å². The summed E-state index contributed by atoms with van der Waals surface area (Å²) in [6.07, 6.45) is 3.14. The Bertz CT molecular complexity index is 1170. The van der Waals surface area contributed by atoms with Gasteiger partial charge in [0.2, 0.25) is 5.78 Å². The standard InChI is InChI=1S/C24H21NO7/c1-28-19-7-3-5-15(24(19)29-2)11-21-23(27)18-9-8-16(12-20(18)32-21)31-14-22(26)25-13-17-6-4-10-30-17/h3-12H,13-14H2,1-2H3,(H,25,26). The van der Waals surface area contributed by atoms with Gasteiger partial charge in [-0.2, -0.15) is 0 Å². The van der Waals surface area contributed by atoms with Crippen LogP contribution in [-0.4, -0.2) is 32.5 Å². The topological polar surface area (TPSA) is 96.2 Å². The molecule has 2 aromatic carbocycles. The van der Waals surface area contributed by atoms with E-state index in [9.17, 15) is 9.59 Å². The second-order valence-corrected chi connectivity index (χ2v) is 6.83. The molecule has 0 aliphatic carbocycles. The van der Waals surface area contributed by atoms with Gasteiger partial charge in [-0.25, -0.2) is 0 Å². The third-order valence-corrected chi connectivity index (χ3v) is 4.77. The first kappa shape index (κ1) is 21.0. The zero-order chi connectivity index (χ0) is 22.5. The van der Waals surface area contributed by atoms with Crippen LogP contribution in [0.15, 0.2) is 65.0 Å². The molecule has 0 fully saturated rings. The average molecular weight is 435 g/mol. The van der Waals surface area contributed by atoms with E-state index < -0.39 is 0 Å². The molecule has 0 atom stereocenters. The molecule has 0 spiro atoms. The molecule has 8 nitrogen and oxygen atoms in total. The molecule has 0 saturated carbocycles. The SMILES string of the molecule is COc1cccc(C=C2Oc3cc(OCC(=O)NCc4ccco4)ccc3C2=O)c1OC. The van der Waals surface area contributed by atoms with Crippen LogP contribution in [0.4, 0.5) is 0 Å². The van der Waals surface area contributed by atoms with Gasteiger partial charge in [-0.05, 0) is 36.4 Å². The zero-order valence-corrected chi connectivity index (χ0v) is 17.5. The molecule has 1 N–H and O–H groups in total. The summed E-state index contributed by atoms with van der Waals surface area (Å²) < 4.78 is 27.2. The van der Waals surface area contributed by atoms with Gasteiger partial charge >= 0.3 is 0 Å². The number of nitrogens with one attached hydrogen (secondary N) is 1. The van der Waals surface area contributed by atoms with E-state index in [1.807, 2.05) is 0 Å². The third kappa shape index (κ3) is 4.44. The van der Waals surface area contributed by atoms with Crippen molar-refractivity contribution < 1.29 is 33.0 Å². The van der Waals surface area contributed by atoms with Crippen LogP contribution in [0.1, 0.15) is 21.7 Å². The summed E-state index contributed by atoms with van der Waals surface area (Å²) in [5.41, 5.74) is 1.06. The smallest absolute Gasteiger partial charge is 0.258 e. The molecule has 0 unspecified atom stereocenters. The molecule has 4 rings (SSSR count). The van der Waals surface area contributed by atoms with Crippen molar-refractivity contribution >= 4 is 17.8 Å². The molecule has 1 aliphatic rings. The molecule has 3 aromatic rings. The number of carbonyl (C=O) groups is 2. The maximum atomic E-state index is 12.8. The van der Waals surface area contributed by atoms with E-state index in [0.29, 0.717) is 39.9 Å². The number of hydrogen-bond acceptors (Lipinski definition) is 7. The summed E-state index contributed by atoms with van der Waals surface area (Å²) in [7, 11) is 3.07. The molecule has 8 heteroatoms. The molecule has 1 amide bonds. The van der Waals surface area contributed by atoms with Gasteiger partial charge in [0.05, 0.1) is 32.6 Å². The highest BCUT2D eigenvalue weighted by atomic mass is 16.5. The van der Waals surface area contributed by atoms with E-state index in [-0.39, 0.29) is 30.6 Å². The zero-order valence-electron chi connectivity index (χ0n) is 17.5. The molecule has 2 heterocycles. The van der Waals surface area contributed by atoms with Crippen LogP contribution in [0, 0.1) is 0 Å². The van der Waals surface area contributed by atoms with E-state index in [2.05, 4.69) is 5.32 Å². The number of Topliss-reactive ketones (excluding diaryl/α,β-unsaturated/α-hetero) is 1. The minimum Gasteiger partial charge on any atom is -0.493 e. The number of fused-ring (bicyclic) bond motifs is 1. The molecular formula is C24H21NO7. The van der Waals surface area contributed by atoms with Crippen molar-refractivity contribution in [1.82, 2.24) is 5.32 Å². The van der Waals surface area contributed by atoms with E-state index in [1.165, 1.54) is 13.4 Å². The second-order valence-electron chi connectivity index (χ2n) is 6.83. The number of hydrogen-bond donors (Lipinski definition) is 1. The lowest BCUT2D eigenvalue weighted by Gasteiger charge is -2.10. The highest BCUT2D eigenvalue weighted by Crippen LogP contribution is 2.37. The fraction of sp³-hybridized carbons (Fsp3) is 0.167. The van der Waals surface area contributed by atoms with Crippen molar-refractivity contribution in [2.75, 3.05) is 20.8 Å². The predicted octanol–water partition coefficient (Wildman–Crippen LogP) is 3.61. The van der Waals surface area contributed by atoms with Crippen molar-refractivity contribution in [3.8, 4) is 23.0 Å². The van der Waals surface area contributed by atoms with Crippen molar-refractivity contribution in [3.05, 3.63) is 77.4 Å². The predicted molar refractivity (Wildman–Crippen MR) is 115 cm³/mol. The number of ether oxygens (including phenoxy) is 4. The van der Waals surface area contributed by atoms with Gasteiger partial charge in [-0.3, -0.25) is 9.59 Å². The summed E-state index contributed by atoms with van der Waals surface area (Å²) in [5, 5.41) is 2.69. The summed E-state index contributed by atoms with van der Waals surface area (Å²) in [6, 6.07) is 13.7. The normalized spacial score (nSPS) is 13.4. The Morgan fingerprint density at radius 1 is 1.09 bits per heavy atom. The maximum absolute atomic E-state index is 12.8. The van der Waals surface area contributed by atoms with Gasteiger partial charge in [0.1, 0.15) is 17.3 Å². The van der Waals surface area contributed by atoms with E-state index in [1.54, 1.807) is 61.7 Å². The van der Waals surface area contributed by atoms with Crippen LogP contribution in [-0.2, 0) is 11.3 Å². The fourth-order valence-corrected chi connectivity index (χ4v) is 3.22. The third-order valence-electron chi connectivity index (χ3n) is 4.77. The van der Waals surface area contributed by atoms with Crippen LogP contribution in [0.2, 0.25) is 0 Å². The Morgan fingerprint density at radius 2 is 1.97 bits per heavy atom. The molecule has 0 bridgehead atoms. The number of rotatable bonds is 8. The lowest BCUT2D eigenvalue weighted by molar-refractivity contribution is -0.123. The summed E-state index contributed by atoms with van der Waals surface area (Å²) in [6.45, 7) is 0.0933. The first-order valence-electron chi connectivity index (χ1n) is 9.80. The maximum Gasteiger partial charge on any atom is 0.258 e. The Balaban J connectivity index is 1.43. The van der Waals surface area contributed by atoms with E-state index in [0.717, 1.165) is 0 Å². The second kappa shape index (κ2) is 9.30. The Labute approximate surface area is 184 Å².